The van der Waals surface area contributed by atoms with Gasteiger partial charge in [0.25, 0.3) is 0 Å². The molecule has 0 aliphatic carbocycles. The normalized spacial score (nSPS) is 12.6. The summed E-state index contributed by atoms with van der Waals surface area (Å²) in [5.41, 5.74) is 8.08. The first-order valence-corrected chi connectivity index (χ1v) is 13.2. The maximum absolute atomic E-state index is 6.29. The van der Waals surface area contributed by atoms with E-state index in [1.165, 1.54) is 38.2 Å². The van der Waals surface area contributed by atoms with Crippen LogP contribution in [0.25, 0.3) is 65.7 Å². The van der Waals surface area contributed by atoms with E-state index in [4.69, 9.17) is 4.42 Å². The van der Waals surface area contributed by atoms with E-state index in [1.54, 1.807) is 0 Å². The third-order valence-electron chi connectivity index (χ3n) is 7.98. The second kappa shape index (κ2) is 8.64. The molecule has 0 aliphatic rings. The molecule has 7 rings (SSSR count). The molecule has 6 aromatic carbocycles. The molecule has 1 atom stereocenters. The average Bonchev–Trinajstić information content (AvgIpc) is 3.35. The zero-order valence-corrected chi connectivity index (χ0v) is 21.2. The summed E-state index contributed by atoms with van der Waals surface area (Å²) in [4.78, 5) is 0. The molecule has 0 N–H and O–H groups in total. The summed E-state index contributed by atoms with van der Waals surface area (Å²) in [5, 5.41) is 7.56. The summed E-state index contributed by atoms with van der Waals surface area (Å²) in [6.07, 6.45) is 1.15. The molecule has 1 aromatic heterocycles. The molecule has 178 valence electrons. The minimum Gasteiger partial charge on any atom is -0.455 e. The van der Waals surface area contributed by atoms with Crippen molar-refractivity contribution in [2.45, 2.75) is 26.2 Å². The van der Waals surface area contributed by atoms with Crippen molar-refractivity contribution < 1.29 is 4.42 Å². The van der Waals surface area contributed by atoms with Crippen LogP contribution in [0.15, 0.2) is 120 Å². The second-order valence-electron chi connectivity index (χ2n) is 10.1. The molecule has 0 amide bonds. The Morgan fingerprint density at radius 1 is 0.568 bits per heavy atom. The second-order valence-corrected chi connectivity index (χ2v) is 10.1. The topological polar surface area (TPSA) is 13.1 Å². The summed E-state index contributed by atoms with van der Waals surface area (Å²) in [6.45, 7) is 4.57. The van der Waals surface area contributed by atoms with Gasteiger partial charge in [0.1, 0.15) is 11.2 Å². The summed E-state index contributed by atoms with van der Waals surface area (Å²) < 4.78 is 6.29. The molecule has 37 heavy (non-hydrogen) atoms. The van der Waals surface area contributed by atoms with Gasteiger partial charge in [-0.15, -0.1) is 0 Å². The van der Waals surface area contributed by atoms with E-state index < -0.39 is 0 Å². The zero-order valence-electron chi connectivity index (χ0n) is 21.2. The molecule has 0 saturated carbocycles. The lowest BCUT2D eigenvalue weighted by atomic mass is 9.89. The van der Waals surface area contributed by atoms with Crippen molar-refractivity contribution in [3.8, 4) is 22.3 Å². The molecule has 1 heterocycles. The van der Waals surface area contributed by atoms with Crippen molar-refractivity contribution >= 4 is 43.5 Å². The monoisotopic (exact) mass is 476 g/mol. The van der Waals surface area contributed by atoms with Crippen LogP contribution in [-0.2, 0) is 0 Å². The third kappa shape index (κ3) is 3.54. The van der Waals surface area contributed by atoms with Crippen LogP contribution in [0.2, 0.25) is 0 Å². The quantitative estimate of drug-likeness (QED) is 0.230. The largest absolute Gasteiger partial charge is 0.455 e. The van der Waals surface area contributed by atoms with Crippen molar-refractivity contribution in [2.75, 3.05) is 0 Å². The maximum Gasteiger partial charge on any atom is 0.143 e. The fraction of sp³-hybridized carbons (Fsp3) is 0.111. The first kappa shape index (κ1) is 21.9. The van der Waals surface area contributed by atoms with E-state index in [0.29, 0.717) is 5.92 Å². The first-order chi connectivity index (χ1) is 18.2. The first-order valence-electron chi connectivity index (χ1n) is 13.2. The van der Waals surface area contributed by atoms with Gasteiger partial charge in [-0.3, -0.25) is 0 Å². The van der Waals surface area contributed by atoms with Crippen LogP contribution < -0.4 is 0 Å². The Morgan fingerprint density at radius 2 is 1.24 bits per heavy atom. The Bertz CT molecular complexity index is 1920. The highest BCUT2D eigenvalue weighted by molar-refractivity contribution is 6.14. The smallest absolute Gasteiger partial charge is 0.143 e. The van der Waals surface area contributed by atoms with Crippen molar-refractivity contribution in [3.63, 3.8) is 0 Å². The predicted octanol–water partition coefficient (Wildman–Crippen LogP) is 10.7. The Balaban J connectivity index is 1.36. The predicted molar refractivity (Wildman–Crippen MR) is 158 cm³/mol. The number of furan rings is 1. The van der Waals surface area contributed by atoms with Crippen molar-refractivity contribution in [3.05, 3.63) is 121 Å². The Morgan fingerprint density at radius 3 is 2.03 bits per heavy atom. The number of hydrogen-bond acceptors (Lipinski definition) is 1. The molecule has 0 fully saturated rings. The summed E-state index contributed by atoms with van der Waals surface area (Å²) in [6, 6.07) is 41.8. The van der Waals surface area contributed by atoms with E-state index >= 15 is 0 Å². The summed E-state index contributed by atoms with van der Waals surface area (Å²) >= 11 is 0. The van der Waals surface area contributed by atoms with Crippen LogP contribution in [0.5, 0.6) is 0 Å². The van der Waals surface area contributed by atoms with E-state index in [9.17, 15) is 0 Å². The standard InChI is InChI=1S/C36H28O/c1-3-23(2)26-19-20-27-22-33(29-9-4-5-10-30(29)34(27)21-26)25-17-15-24(16-18-25)28-12-8-13-32-31-11-6-7-14-35(31)37-36(28)32/h4-23H,3H2,1-2H3. The van der Waals surface area contributed by atoms with Gasteiger partial charge in [0.2, 0.25) is 0 Å². The molecule has 0 saturated heterocycles. The fourth-order valence-electron chi connectivity index (χ4n) is 5.70. The molecule has 1 heteroatoms. The van der Waals surface area contributed by atoms with Crippen LogP contribution >= 0.6 is 0 Å². The lowest BCUT2D eigenvalue weighted by Gasteiger charge is -2.15. The van der Waals surface area contributed by atoms with E-state index in [0.717, 1.165) is 39.5 Å². The van der Waals surface area contributed by atoms with Crippen LogP contribution in [0.3, 0.4) is 0 Å². The Kier molecular flexibility index (Phi) is 5.11. The average molecular weight is 477 g/mol. The molecule has 0 aliphatic heterocycles. The Hall–Kier alpha value is -4.36. The number of benzene rings is 6. The third-order valence-corrected chi connectivity index (χ3v) is 7.98. The molecule has 1 unspecified atom stereocenters. The molecule has 0 radical (unpaired) electrons. The van der Waals surface area contributed by atoms with Gasteiger partial charge in [-0.05, 0) is 68.3 Å². The minimum atomic E-state index is 0.562. The number of rotatable bonds is 4. The van der Waals surface area contributed by atoms with Gasteiger partial charge in [0.15, 0.2) is 0 Å². The lowest BCUT2D eigenvalue weighted by molar-refractivity contribution is 0.670. The van der Waals surface area contributed by atoms with Crippen LogP contribution in [0, 0.1) is 0 Å². The highest BCUT2D eigenvalue weighted by atomic mass is 16.3. The van der Waals surface area contributed by atoms with Crippen molar-refractivity contribution in [2.24, 2.45) is 0 Å². The van der Waals surface area contributed by atoms with E-state index in [2.05, 4.69) is 117 Å². The lowest BCUT2D eigenvalue weighted by Crippen LogP contribution is -1.92. The molecular formula is C36H28O. The Labute approximate surface area is 217 Å². The van der Waals surface area contributed by atoms with Gasteiger partial charge in [-0.25, -0.2) is 0 Å². The van der Waals surface area contributed by atoms with Crippen molar-refractivity contribution in [1.29, 1.82) is 0 Å². The minimum absolute atomic E-state index is 0.562. The van der Waals surface area contributed by atoms with Crippen LogP contribution in [-0.4, -0.2) is 0 Å². The molecule has 1 nitrogen and oxygen atoms in total. The number of fused-ring (bicyclic) bond motifs is 6. The molecule has 7 aromatic rings. The SMILES string of the molecule is CCC(C)c1ccc2cc(-c3ccc(-c4cccc5c4oc4ccccc45)cc3)c3ccccc3c2c1. The number of para-hydroxylation sites is 2. The van der Waals surface area contributed by atoms with Crippen LogP contribution in [0.4, 0.5) is 0 Å². The van der Waals surface area contributed by atoms with E-state index in [1.807, 2.05) is 12.1 Å². The van der Waals surface area contributed by atoms with Gasteiger partial charge in [0, 0.05) is 16.3 Å². The molecule has 0 bridgehead atoms. The van der Waals surface area contributed by atoms with E-state index in [-0.39, 0.29) is 0 Å². The zero-order chi connectivity index (χ0) is 24.9. The van der Waals surface area contributed by atoms with Crippen molar-refractivity contribution in [1.82, 2.24) is 0 Å². The fourth-order valence-corrected chi connectivity index (χ4v) is 5.70. The van der Waals surface area contributed by atoms with Gasteiger partial charge < -0.3 is 4.42 Å². The molecular weight excluding hydrogens is 448 g/mol. The van der Waals surface area contributed by atoms with Crippen LogP contribution in [0.1, 0.15) is 31.7 Å². The maximum atomic E-state index is 6.29. The van der Waals surface area contributed by atoms with Gasteiger partial charge >= 0.3 is 0 Å². The number of hydrogen-bond donors (Lipinski definition) is 0. The van der Waals surface area contributed by atoms with Gasteiger partial charge in [-0.1, -0.05) is 117 Å². The molecule has 0 spiro atoms. The highest BCUT2D eigenvalue weighted by Crippen LogP contribution is 2.39. The summed E-state index contributed by atoms with van der Waals surface area (Å²) in [7, 11) is 0. The summed E-state index contributed by atoms with van der Waals surface area (Å²) in [5.74, 6) is 0.562. The highest BCUT2D eigenvalue weighted by Gasteiger charge is 2.14. The van der Waals surface area contributed by atoms with Gasteiger partial charge in [-0.2, -0.15) is 0 Å². The van der Waals surface area contributed by atoms with Gasteiger partial charge in [0.05, 0.1) is 0 Å².